The van der Waals surface area contributed by atoms with E-state index in [2.05, 4.69) is 20.6 Å². The molecule has 0 saturated heterocycles. The summed E-state index contributed by atoms with van der Waals surface area (Å²) in [4.78, 5) is 19.6. The highest BCUT2D eigenvalue weighted by molar-refractivity contribution is 5.83. The first-order valence-electron chi connectivity index (χ1n) is 5.46. The van der Waals surface area contributed by atoms with Crippen molar-refractivity contribution in [2.45, 2.75) is 33.2 Å². The average molecular weight is 222 g/mol. The molecule has 1 atom stereocenters. The number of hydrogen-bond acceptors (Lipinski definition) is 4. The van der Waals surface area contributed by atoms with Gasteiger partial charge in [-0.05, 0) is 20.3 Å². The molecule has 1 heterocycles. The third kappa shape index (κ3) is 3.84. The van der Waals surface area contributed by atoms with Crippen LogP contribution in [-0.4, -0.2) is 28.5 Å². The number of hydrogen-bond donors (Lipinski definition) is 2. The molecule has 5 heteroatoms. The number of anilines is 1. The van der Waals surface area contributed by atoms with Gasteiger partial charge in [0.1, 0.15) is 18.2 Å². The van der Waals surface area contributed by atoms with Crippen LogP contribution in [0.3, 0.4) is 0 Å². The molecule has 5 nitrogen and oxygen atoms in total. The van der Waals surface area contributed by atoms with Gasteiger partial charge in [0.25, 0.3) is 0 Å². The van der Waals surface area contributed by atoms with Crippen LogP contribution in [-0.2, 0) is 4.79 Å². The topological polar surface area (TPSA) is 66.9 Å². The van der Waals surface area contributed by atoms with Gasteiger partial charge in [0, 0.05) is 18.3 Å². The average Bonchev–Trinajstić information content (AvgIpc) is 2.25. The van der Waals surface area contributed by atoms with Crippen molar-refractivity contribution < 1.29 is 4.79 Å². The van der Waals surface area contributed by atoms with Crippen molar-refractivity contribution >= 4 is 11.7 Å². The number of carbonyl (C=O) groups is 1. The van der Waals surface area contributed by atoms with Crippen LogP contribution in [0.1, 0.15) is 26.0 Å². The van der Waals surface area contributed by atoms with Crippen molar-refractivity contribution in [1.82, 2.24) is 15.3 Å². The molecule has 1 rings (SSSR count). The Balaban J connectivity index is 2.50. The number of aromatic nitrogens is 2. The van der Waals surface area contributed by atoms with Crippen molar-refractivity contribution in [1.29, 1.82) is 0 Å². The van der Waals surface area contributed by atoms with E-state index in [-0.39, 0.29) is 11.9 Å². The SMILES string of the molecule is CCCNC(=O)C(C)Nc1cc(C)ncn1. The molecule has 0 fully saturated rings. The highest BCUT2D eigenvalue weighted by atomic mass is 16.2. The second-order valence-electron chi connectivity index (χ2n) is 3.70. The maximum absolute atomic E-state index is 11.6. The summed E-state index contributed by atoms with van der Waals surface area (Å²) in [6.45, 7) is 6.41. The zero-order valence-corrected chi connectivity index (χ0v) is 9.95. The summed E-state index contributed by atoms with van der Waals surface area (Å²) in [6, 6.07) is 1.52. The molecule has 0 radical (unpaired) electrons. The van der Waals surface area contributed by atoms with Crippen LogP contribution in [0.15, 0.2) is 12.4 Å². The van der Waals surface area contributed by atoms with Gasteiger partial charge in [-0.15, -0.1) is 0 Å². The number of nitrogens with one attached hydrogen (secondary N) is 2. The number of nitrogens with zero attached hydrogens (tertiary/aromatic N) is 2. The van der Waals surface area contributed by atoms with Crippen LogP contribution >= 0.6 is 0 Å². The molecular formula is C11H18N4O. The maximum atomic E-state index is 11.6. The van der Waals surface area contributed by atoms with E-state index in [4.69, 9.17) is 0 Å². The molecule has 1 amide bonds. The molecule has 2 N–H and O–H groups in total. The number of amides is 1. The van der Waals surface area contributed by atoms with Crippen molar-refractivity contribution in [3.63, 3.8) is 0 Å². The summed E-state index contributed by atoms with van der Waals surface area (Å²) < 4.78 is 0. The summed E-state index contributed by atoms with van der Waals surface area (Å²) in [5.74, 6) is 0.657. The normalized spacial score (nSPS) is 11.9. The van der Waals surface area contributed by atoms with Crippen molar-refractivity contribution in [3.8, 4) is 0 Å². The zero-order chi connectivity index (χ0) is 12.0. The first-order valence-corrected chi connectivity index (χ1v) is 5.46. The fourth-order valence-corrected chi connectivity index (χ4v) is 1.22. The molecule has 16 heavy (non-hydrogen) atoms. The Hall–Kier alpha value is -1.65. The van der Waals surface area contributed by atoms with Crippen molar-refractivity contribution in [2.75, 3.05) is 11.9 Å². The molecule has 0 aliphatic carbocycles. The van der Waals surface area contributed by atoms with Gasteiger partial charge < -0.3 is 10.6 Å². The Morgan fingerprint density at radius 1 is 1.50 bits per heavy atom. The lowest BCUT2D eigenvalue weighted by molar-refractivity contribution is -0.121. The predicted octanol–water partition coefficient (Wildman–Crippen LogP) is 1.11. The lowest BCUT2D eigenvalue weighted by Gasteiger charge is -2.14. The van der Waals surface area contributed by atoms with E-state index in [1.165, 1.54) is 6.33 Å². The van der Waals surface area contributed by atoms with Crippen LogP contribution in [0.5, 0.6) is 0 Å². The molecule has 1 aromatic rings. The molecular weight excluding hydrogens is 204 g/mol. The molecule has 0 bridgehead atoms. The quantitative estimate of drug-likeness (QED) is 0.783. The van der Waals surface area contributed by atoms with E-state index < -0.39 is 0 Å². The molecule has 1 unspecified atom stereocenters. The third-order valence-electron chi connectivity index (χ3n) is 2.11. The standard InChI is InChI=1S/C11H18N4O/c1-4-5-12-11(16)9(3)15-10-6-8(2)13-7-14-10/h6-7,9H,4-5H2,1-3H3,(H,12,16)(H,13,14,15). The molecule has 88 valence electrons. The Kier molecular flexibility index (Phi) is 4.69. The zero-order valence-electron chi connectivity index (χ0n) is 9.95. The smallest absolute Gasteiger partial charge is 0.242 e. The van der Waals surface area contributed by atoms with Gasteiger partial charge in [-0.25, -0.2) is 9.97 Å². The summed E-state index contributed by atoms with van der Waals surface area (Å²) in [6.07, 6.45) is 2.42. The maximum Gasteiger partial charge on any atom is 0.242 e. The van der Waals surface area contributed by atoms with Crippen LogP contribution in [0.25, 0.3) is 0 Å². The molecule has 0 saturated carbocycles. The summed E-state index contributed by atoms with van der Waals surface area (Å²) >= 11 is 0. The van der Waals surface area contributed by atoms with Gasteiger partial charge in [0.2, 0.25) is 5.91 Å². The fraction of sp³-hybridized carbons (Fsp3) is 0.545. The fourth-order valence-electron chi connectivity index (χ4n) is 1.22. The lowest BCUT2D eigenvalue weighted by atomic mass is 10.3. The van der Waals surface area contributed by atoms with E-state index in [0.717, 1.165) is 12.1 Å². The van der Waals surface area contributed by atoms with Crippen LogP contribution in [0.2, 0.25) is 0 Å². The summed E-state index contributed by atoms with van der Waals surface area (Å²) in [7, 11) is 0. The number of carbonyl (C=O) groups excluding carboxylic acids is 1. The Morgan fingerprint density at radius 3 is 2.88 bits per heavy atom. The highest BCUT2D eigenvalue weighted by Gasteiger charge is 2.11. The molecule has 0 aliphatic rings. The van der Waals surface area contributed by atoms with Gasteiger partial charge in [-0.1, -0.05) is 6.92 Å². The number of aryl methyl sites for hydroxylation is 1. The minimum absolute atomic E-state index is 0.0156. The lowest BCUT2D eigenvalue weighted by Crippen LogP contribution is -2.38. The van der Waals surface area contributed by atoms with E-state index in [1.807, 2.05) is 26.8 Å². The Morgan fingerprint density at radius 2 is 2.25 bits per heavy atom. The largest absolute Gasteiger partial charge is 0.359 e. The van der Waals surface area contributed by atoms with Crippen LogP contribution in [0.4, 0.5) is 5.82 Å². The van der Waals surface area contributed by atoms with Gasteiger partial charge in [0.15, 0.2) is 0 Å². The van der Waals surface area contributed by atoms with Gasteiger partial charge in [-0.2, -0.15) is 0 Å². The summed E-state index contributed by atoms with van der Waals surface area (Å²) in [5, 5.41) is 5.85. The van der Waals surface area contributed by atoms with Crippen LogP contribution < -0.4 is 10.6 Å². The minimum atomic E-state index is -0.291. The molecule has 0 aliphatic heterocycles. The predicted molar refractivity (Wildman–Crippen MR) is 63.2 cm³/mol. The van der Waals surface area contributed by atoms with E-state index in [9.17, 15) is 4.79 Å². The van der Waals surface area contributed by atoms with E-state index in [1.54, 1.807) is 0 Å². The molecule has 0 spiro atoms. The van der Waals surface area contributed by atoms with Crippen LogP contribution in [0, 0.1) is 6.92 Å². The van der Waals surface area contributed by atoms with Crippen molar-refractivity contribution in [2.24, 2.45) is 0 Å². The first kappa shape index (κ1) is 12.4. The van der Waals surface area contributed by atoms with Crippen molar-refractivity contribution in [3.05, 3.63) is 18.1 Å². The molecule has 0 aromatic carbocycles. The second-order valence-corrected chi connectivity index (χ2v) is 3.70. The third-order valence-corrected chi connectivity index (χ3v) is 2.11. The monoisotopic (exact) mass is 222 g/mol. The first-order chi connectivity index (χ1) is 7.63. The number of rotatable bonds is 5. The van der Waals surface area contributed by atoms with E-state index in [0.29, 0.717) is 12.4 Å². The minimum Gasteiger partial charge on any atom is -0.359 e. The summed E-state index contributed by atoms with van der Waals surface area (Å²) in [5.41, 5.74) is 0.874. The van der Waals surface area contributed by atoms with Gasteiger partial charge in [-0.3, -0.25) is 4.79 Å². The van der Waals surface area contributed by atoms with Gasteiger partial charge in [0.05, 0.1) is 0 Å². The van der Waals surface area contributed by atoms with Gasteiger partial charge >= 0.3 is 0 Å². The Labute approximate surface area is 95.7 Å². The molecule has 1 aromatic heterocycles. The Bertz CT molecular complexity index is 354. The highest BCUT2D eigenvalue weighted by Crippen LogP contribution is 2.04. The second kappa shape index (κ2) is 6.05. The van der Waals surface area contributed by atoms with E-state index >= 15 is 0 Å².